The van der Waals surface area contributed by atoms with Crippen molar-refractivity contribution in [2.45, 2.75) is 79.7 Å². The van der Waals surface area contributed by atoms with Crippen molar-refractivity contribution in [1.82, 2.24) is 5.32 Å². The summed E-state index contributed by atoms with van der Waals surface area (Å²) in [5.74, 6) is 0.884. The van der Waals surface area contributed by atoms with Crippen LogP contribution < -0.4 is 5.32 Å². The highest BCUT2D eigenvalue weighted by Gasteiger charge is 2.36. The van der Waals surface area contributed by atoms with Crippen molar-refractivity contribution in [3.63, 3.8) is 0 Å². The van der Waals surface area contributed by atoms with E-state index < -0.39 is 0 Å². The molecule has 0 amide bonds. The highest BCUT2D eigenvalue weighted by molar-refractivity contribution is 4.91. The van der Waals surface area contributed by atoms with Gasteiger partial charge in [-0.1, -0.05) is 41.5 Å². The average Bonchev–Trinajstić information content (AvgIpc) is 2.19. The summed E-state index contributed by atoms with van der Waals surface area (Å²) in [6, 6.07) is 0.693. The van der Waals surface area contributed by atoms with E-state index in [0.717, 1.165) is 5.92 Å². The summed E-state index contributed by atoms with van der Waals surface area (Å²) in [7, 11) is 0. The SMILES string of the molecule is CCCNC(C1CCC(C)(C)CC1)C(C)(C)C. The standard InChI is InChI=1S/C16H33N/c1-7-12-17-14(15(2,3)4)13-8-10-16(5,6)11-9-13/h13-14,17H,7-12H2,1-6H3. The fraction of sp³-hybridized carbons (Fsp3) is 1.00. The van der Waals surface area contributed by atoms with Gasteiger partial charge in [-0.2, -0.15) is 0 Å². The van der Waals surface area contributed by atoms with Crippen molar-refractivity contribution in [1.29, 1.82) is 0 Å². The van der Waals surface area contributed by atoms with Gasteiger partial charge < -0.3 is 5.32 Å². The second-order valence-corrected chi connectivity index (χ2v) is 7.80. The maximum Gasteiger partial charge on any atom is 0.0144 e. The van der Waals surface area contributed by atoms with Crippen LogP contribution in [0.3, 0.4) is 0 Å². The average molecular weight is 239 g/mol. The molecule has 0 spiro atoms. The van der Waals surface area contributed by atoms with E-state index in [1.165, 1.54) is 38.6 Å². The van der Waals surface area contributed by atoms with E-state index in [4.69, 9.17) is 0 Å². The predicted molar refractivity (Wildman–Crippen MR) is 77.3 cm³/mol. The first-order valence-corrected chi connectivity index (χ1v) is 7.49. The lowest BCUT2D eigenvalue weighted by Gasteiger charge is -2.43. The smallest absolute Gasteiger partial charge is 0.0144 e. The molecule has 0 aliphatic heterocycles. The highest BCUT2D eigenvalue weighted by Crippen LogP contribution is 2.42. The predicted octanol–water partition coefficient (Wildman–Crippen LogP) is 4.62. The topological polar surface area (TPSA) is 12.0 Å². The van der Waals surface area contributed by atoms with E-state index >= 15 is 0 Å². The van der Waals surface area contributed by atoms with Gasteiger partial charge in [0.2, 0.25) is 0 Å². The fourth-order valence-electron chi connectivity index (χ4n) is 3.23. The Morgan fingerprint density at radius 1 is 1.18 bits per heavy atom. The summed E-state index contributed by atoms with van der Waals surface area (Å²) in [5, 5.41) is 3.81. The van der Waals surface area contributed by atoms with E-state index in [1.807, 2.05) is 0 Å². The lowest BCUT2D eigenvalue weighted by Crippen LogP contribution is -2.47. The molecule has 0 saturated heterocycles. The first kappa shape index (κ1) is 15.0. The normalized spacial score (nSPS) is 23.6. The molecule has 1 atom stereocenters. The van der Waals surface area contributed by atoms with Crippen LogP contribution in [0.15, 0.2) is 0 Å². The molecule has 1 N–H and O–H groups in total. The summed E-state index contributed by atoms with van der Waals surface area (Å²) in [6.07, 6.45) is 6.86. The summed E-state index contributed by atoms with van der Waals surface area (Å²) in [5.41, 5.74) is 0.977. The molecular formula is C16H33N. The minimum absolute atomic E-state index is 0.390. The zero-order valence-electron chi connectivity index (χ0n) is 12.9. The molecule has 102 valence electrons. The molecule has 0 aromatic heterocycles. The Bertz CT molecular complexity index is 214. The van der Waals surface area contributed by atoms with E-state index in [9.17, 15) is 0 Å². The maximum atomic E-state index is 3.81. The van der Waals surface area contributed by atoms with Crippen LogP contribution in [0.4, 0.5) is 0 Å². The second-order valence-electron chi connectivity index (χ2n) is 7.80. The number of hydrogen-bond donors (Lipinski definition) is 1. The van der Waals surface area contributed by atoms with Gasteiger partial charge in [0.05, 0.1) is 0 Å². The lowest BCUT2D eigenvalue weighted by molar-refractivity contribution is 0.110. The molecule has 1 fully saturated rings. The van der Waals surface area contributed by atoms with Crippen molar-refractivity contribution in [2.75, 3.05) is 6.54 Å². The molecule has 1 saturated carbocycles. The van der Waals surface area contributed by atoms with Crippen molar-refractivity contribution < 1.29 is 0 Å². The zero-order chi connectivity index (χ0) is 13.1. The van der Waals surface area contributed by atoms with Crippen LogP contribution in [0.2, 0.25) is 0 Å². The van der Waals surface area contributed by atoms with Crippen molar-refractivity contribution in [3.8, 4) is 0 Å². The Labute approximate surface area is 109 Å². The summed E-state index contributed by atoms with van der Waals surface area (Å²) in [4.78, 5) is 0. The zero-order valence-corrected chi connectivity index (χ0v) is 12.9. The maximum absolute atomic E-state index is 3.81. The van der Waals surface area contributed by atoms with Gasteiger partial charge in [-0.25, -0.2) is 0 Å². The molecule has 0 aromatic rings. The lowest BCUT2D eigenvalue weighted by atomic mass is 9.67. The number of rotatable bonds is 4. The molecule has 1 nitrogen and oxygen atoms in total. The van der Waals surface area contributed by atoms with Gasteiger partial charge >= 0.3 is 0 Å². The molecule has 0 aromatic carbocycles. The third-order valence-electron chi connectivity index (χ3n) is 4.40. The largest absolute Gasteiger partial charge is 0.313 e. The van der Waals surface area contributed by atoms with Gasteiger partial charge in [-0.05, 0) is 55.4 Å². The molecule has 0 bridgehead atoms. The van der Waals surface area contributed by atoms with Crippen LogP contribution >= 0.6 is 0 Å². The molecule has 0 heterocycles. The molecule has 1 rings (SSSR count). The van der Waals surface area contributed by atoms with Crippen molar-refractivity contribution in [2.24, 2.45) is 16.7 Å². The van der Waals surface area contributed by atoms with Crippen molar-refractivity contribution >= 4 is 0 Å². The van der Waals surface area contributed by atoms with E-state index in [-0.39, 0.29) is 0 Å². The minimum atomic E-state index is 0.390. The van der Waals surface area contributed by atoms with Gasteiger partial charge in [0.25, 0.3) is 0 Å². The molecule has 0 radical (unpaired) electrons. The number of hydrogen-bond acceptors (Lipinski definition) is 1. The Morgan fingerprint density at radius 2 is 1.71 bits per heavy atom. The fourth-order valence-corrected chi connectivity index (χ4v) is 3.23. The third kappa shape index (κ3) is 4.62. The Kier molecular flexibility index (Phi) is 5.07. The third-order valence-corrected chi connectivity index (χ3v) is 4.40. The van der Waals surface area contributed by atoms with Gasteiger partial charge in [-0.15, -0.1) is 0 Å². The Morgan fingerprint density at radius 3 is 2.12 bits per heavy atom. The van der Waals surface area contributed by atoms with Crippen LogP contribution in [0.5, 0.6) is 0 Å². The summed E-state index contributed by atoms with van der Waals surface area (Å²) >= 11 is 0. The molecule has 1 aliphatic carbocycles. The van der Waals surface area contributed by atoms with Gasteiger partial charge in [-0.3, -0.25) is 0 Å². The quantitative estimate of drug-likeness (QED) is 0.755. The Balaban J connectivity index is 2.59. The molecule has 1 aliphatic rings. The van der Waals surface area contributed by atoms with Crippen LogP contribution in [-0.4, -0.2) is 12.6 Å². The number of nitrogens with one attached hydrogen (secondary N) is 1. The Hall–Kier alpha value is -0.0400. The molecule has 1 heteroatoms. The second kappa shape index (κ2) is 5.73. The van der Waals surface area contributed by atoms with E-state index in [0.29, 0.717) is 16.9 Å². The molecule has 17 heavy (non-hydrogen) atoms. The molecule has 1 unspecified atom stereocenters. The van der Waals surface area contributed by atoms with E-state index in [1.54, 1.807) is 0 Å². The van der Waals surface area contributed by atoms with Crippen molar-refractivity contribution in [3.05, 3.63) is 0 Å². The van der Waals surface area contributed by atoms with Gasteiger partial charge in [0, 0.05) is 6.04 Å². The highest BCUT2D eigenvalue weighted by atomic mass is 14.9. The monoisotopic (exact) mass is 239 g/mol. The van der Waals surface area contributed by atoms with Gasteiger partial charge in [0.1, 0.15) is 0 Å². The van der Waals surface area contributed by atoms with Crippen LogP contribution in [0.25, 0.3) is 0 Å². The summed E-state index contributed by atoms with van der Waals surface area (Å²) in [6.45, 7) is 15.4. The first-order valence-electron chi connectivity index (χ1n) is 7.49. The first-order chi connectivity index (χ1) is 7.76. The van der Waals surface area contributed by atoms with Crippen LogP contribution in [0.1, 0.15) is 73.6 Å². The molecular weight excluding hydrogens is 206 g/mol. The summed E-state index contributed by atoms with van der Waals surface area (Å²) < 4.78 is 0. The minimum Gasteiger partial charge on any atom is -0.313 e. The van der Waals surface area contributed by atoms with Crippen LogP contribution in [0, 0.1) is 16.7 Å². The van der Waals surface area contributed by atoms with Crippen LogP contribution in [-0.2, 0) is 0 Å². The van der Waals surface area contributed by atoms with E-state index in [2.05, 4.69) is 46.9 Å². The van der Waals surface area contributed by atoms with Gasteiger partial charge in [0.15, 0.2) is 0 Å².